The number of anilines is 3. The molecule has 0 amide bonds. The zero-order valence-electron chi connectivity index (χ0n) is 33.9. The van der Waals surface area contributed by atoms with Crippen LogP contribution in [0.3, 0.4) is 0 Å². The number of nitrogens with zero attached hydrogens (tertiary/aromatic N) is 1. The first-order valence-electron chi connectivity index (χ1n) is 21.2. The standard InChI is InChI=1S/C60H39NS/c1-2-12-42(13-3-1)54-36-30-48(47-23-21-40-11-4-5-15-45(40)37-47)39-58(54)61(51-33-27-44(28-34-51)55-18-10-19-57-56-17-8-9-20-59(56)62-60(55)57)50-31-25-41(26-32-50)46-29-35-53-49(38-46)24-22-43-14-6-7-16-52(43)53/h1-39H. The molecule has 12 rings (SSSR count). The number of thiophene rings is 1. The Kier molecular flexibility index (Phi) is 8.76. The molecule has 0 aliphatic heterocycles. The summed E-state index contributed by atoms with van der Waals surface area (Å²) >= 11 is 1.88. The highest BCUT2D eigenvalue weighted by atomic mass is 32.1. The molecule has 290 valence electrons. The fraction of sp³-hybridized carbons (Fsp3) is 0. The molecule has 0 aliphatic carbocycles. The second-order valence-corrected chi connectivity index (χ2v) is 17.1. The summed E-state index contributed by atoms with van der Waals surface area (Å²) in [7, 11) is 0. The van der Waals surface area contributed by atoms with E-state index in [2.05, 4.69) is 241 Å². The van der Waals surface area contributed by atoms with Gasteiger partial charge in [-0.25, -0.2) is 0 Å². The molecule has 0 bridgehead atoms. The lowest BCUT2D eigenvalue weighted by atomic mass is 9.95. The first-order chi connectivity index (χ1) is 30.7. The van der Waals surface area contributed by atoms with E-state index in [1.807, 2.05) is 11.3 Å². The van der Waals surface area contributed by atoms with Gasteiger partial charge in [-0.1, -0.05) is 188 Å². The van der Waals surface area contributed by atoms with Gasteiger partial charge in [0.1, 0.15) is 0 Å². The van der Waals surface area contributed by atoms with Crippen molar-refractivity contribution in [2.45, 2.75) is 0 Å². The topological polar surface area (TPSA) is 3.24 Å². The van der Waals surface area contributed by atoms with Crippen LogP contribution in [0.25, 0.3) is 97.0 Å². The van der Waals surface area contributed by atoms with Gasteiger partial charge in [-0.3, -0.25) is 0 Å². The van der Waals surface area contributed by atoms with Crippen molar-refractivity contribution < 1.29 is 0 Å². The maximum absolute atomic E-state index is 2.44. The lowest BCUT2D eigenvalue weighted by Crippen LogP contribution is -2.11. The third kappa shape index (κ3) is 6.32. The molecule has 62 heavy (non-hydrogen) atoms. The molecule has 0 N–H and O–H groups in total. The van der Waals surface area contributed by atoms with Crippen molar-refractivity contribution in [2.24, 2.45) is 0 Å². The van der Waals surface area contributed by atoms with Gasteiger partial charge < -0.3 is 4.90 Å². The fourth-order valence-corrected chi connectivity index (χ4v) is 10.6. The van der Waals surface area contributed by atoms with Crippen LogP contribution in [-0.4, -0.2) is 0 Å². The Hall–Kier alpha value is -7.78. The quantitative estimate of drug-likeness (QED) is 0.145. The molecular weight excluding hydrogens is 767 g/mol. The summed E-state index contributed by atoms with van der Waals surface area (Å²) in [6.45, 7) is 0. The largest absolute Gasteiger partial charge is 0.310 e. The fourth-order valence-electron chi connectivity index (χ4n) is 9.31. The SMILES string of the molecule is c1ccc(-c2ccc(-c3ccc4ccccc4c3)cc2N(c2ccc(-c3ccc4c(ccc5ccccc54)c3)cc2)c2ccc(-c3cccc4c3sc3ccccc34)cc2)cc1. The molecule has 12 aromatic rings. The predicted molar refractivity (Wildman–Crippen MR) is 268 cm³/mol. The second-order valence-electron chi connectivity index (χ2n) is 16.1. The minimum Gasteiger partial charge on any atom is -0.310 e. The number of benzene rings is 11. The van der Waals surface area contributed by atoms with Crippen molar-refractivity contribution in [3.63, 3.8) is 0 Å². The van der Waals surface area contributed by atoms with E-state index in [0.29, 0.717) is 0 Å². The van der Waals surface area contributed by atoms with Crippen molar-refractivity contribution >= 4 is 80.9 Å². The summed E-state index contributed by atoms with van der Waals surface area (Å²) in [5, 5.41) is 10.2. The zero-order valence-corrected chi connectivity index (χ0v) is 34.7. The molecule has 0 unspecified atom stereocenters. The van der Waals surface area contributed by atoms with E-state index in [0.717, 1.165) is 17.1 Å². The first kappa shape index (κ1) is 36.1. The van der Waals surface area contributed by atoms with Crippen LogP contribution >= 0.6 is 11.3 Å². The second kappa shape index (κ2) is 15.0. The number of rotatable bonds is 7. The van der Waals surface area contributed by atoms with E-state index in [1.54, 1.807) is 0 Å². The monoisotopic (exact) mass is 805 g/mol. The minimum absolute atomic E-state index is 1.09. The van der Waals surface area contributed by atoms with Crippen molar-refractivity contribution in [2.75, 3.05) is 4.90 Å². The van der Waals surface area contributed by atoms with Crippen LogP contribution in [-0.2, 0) is 0 Å². The van der Waals surface area contributed by atoms with Crippen molar-refractivity contribution in [1.82, 2.24) is 0 Å². The predicted octanol–water partition coefficient (Wildman–Crippen LogP) is 17.7. The molecule has 0 saturated heterocycles. The van der Waals surface area contributed by atoms with Crippen LogP contribution in [0.1, 0.15) is 0 Å². The van der Waals surface area contributed by atoms with E-state index in [1.165, 1.54) is 97.0 Å². The van der Waals surface area contributed by atoms with Crippen LogP contribution in [0.4, 0.5) is 17.1 Å². The number of hydrogen-bond donors (Lipinski definition) is 0. The molecule has 0 radical (unpaired) electrons. The smallest absolute Gasteiger partial charge is 0.0546 e. The van der Waals surface area contributed by atoms with E-state index in [-0.39, 0.29) is 0 Å². The Labute approximate surface area is 365 Å². The highest BCUT2D eigenvalue weighted by molar-refractivity contribution is 7.26. The van der Waals surface area contributed by atoms with Crippen molar-refractivity contribution in [1.29, 1.82) is 0 Å². The van der Waals surface area contributed by atoms with Gasteiger partial charge in [0, 0.05) is 37.1 Å². The maximum Gasteiger partial charge on any atom is 0.0546 e. The zero-order chi connectivity index (χ0) is 41.0. The molecule has 0 aliphatic rings. The summed E-state index contributed by atoms with van der Waals surface area (Å²) < 4.78 is 2.64. The van der Waals surface area contributed by atoms with E-state index < -0.39 is 0 Å². The van der Waals surface area contributed by atoms with Gasteiger partial charge in [0.15, 0.2) is 0 Å². The van der Waals surface area contributed by atoms with Gasteiger partial charge >= 0.3 is 0 Å². The summed E-state index contributed by atoms with van der Waals surface area (Å²) in [5.41, 5.74) is 12.9. The van der Waals surface area contributed by atoms with Gasteiger partial charge in [0.25, 0.3) is 0 Å². The molecular formula is C60H39NS. The van der Waals surface area contributed by atoms with E-state index in [4.69, 9.17) is 0 Å². The van der Waals surface area contributed by atoms with Gasteiger partial charge in [-0.15, -0.1) is 11.3 Å². The minimum atomic E-state index is 1.09. The molecule has 1 nitrogen and oxygen atoms in total. The van der Waals surface area contributed by atoms with Crippen molar-refractivity contribution in [3.05, 3.63) is 237 Å². The molecule has 0 fully saturated rings. The third-order valence-corrected chi connectivity index (χ3v) is 13.7. The summed E-state index contributed by atoms with van der Waals surface area (Å²) in [5.74, 6) is 0. The highest BCUT2D eigenvalue weighted by Gasteiger charge is 2.20. The summed E-state index contributed by atoms with van der Waals surface area (Å²) in [6, 6.07) is 86.8. The molecule has 0 atom stereocenters. The van der Waals surface area contributed by atoms with Gasteiger partial charge in [-0.05, 0) is 120 Å². The summed E-state index contributed by atoms with van der Waals surface area (Å²) in [6.07, 6.45) is 0. The lowest BCUT2D eigenvalue weighted by Gasteiger charge is -2.29. The highest BCUT2D eigenvalue weighted by Crippen LogP contribution is 2.45. The Morgan fingerprint density at radius 3 is 1.63 bits per heavy atom. The Balaban J connectivity index is 1.01. The van der Waals surface area contributed by atoms with Gasteiger partial charge in [0.2, 0.25) is 0 Å². The average molecular weight is 806 g/mol. The van der Waals surface area contributed by atoms with E-state index >= 15 is 0 Å². The molecule has 1 aromatic heterocycles. The van der Waals surface area contributed by atoms with Crippen LogP contribution in [0, 0.1) is 0 Å². The Bertz CT molecular complexity index is 3620. The normalized spacial score (nSPS) is 11.5. The van der Waals surface area contributed by atoms with E-state index in [9.17, 15) is 0 Å². The maximum atomic E-state index is 2.44. The van der Waals surface area contributed by atoms with Crippen LogP contribution in [0.15, 0.2) is 237 Å². The van der Waals surface area contributed by atoms with Gasteiger partial charge in [0.05, 0.1) is 5.69 Å². The van der Waals surface area contributed by atoms with Crippen molar-refractivity contribution in [3.8, 4) is 44.5 Å². The van der Waals surface area contributed by atoms with Gasteiger partial charge in [-0.2, -0.15) is 0 Å². The number of fused-ring (bicyclic) bond motifs is 7. The molecule has 11 aromatic carbocycles. The third-order valence-electron chi connectivity index (χ3n) is 12.5. The van der Waals surface area contributed by atoms with Crippen LogP contribution in [0.5, 0.6) is 0 Å². The Morgan fingerprint density at radius 2 is 0.806 bits per heavy atom. The first-order valence-corrected chi connectivity index (χ1v) is 22.0. The number of hydrogen-bond acceptors (Lipinski definition) is 2. The van der Waals surface area contributed by atoms with Crippen LogP contribution in [0.2, 0.25) is 0 Å². The lowest BCUT2D eigenvalue weighted by molar-refractivity contribution is 1.28. The summed E-state index contributed by atoms with van der Waals surface area (Å²) in [4.78, 5) is 2.44. The molecule has 0 spiro atoms. The average Bonchev–Trinajstić information content (AvgIpc) is 3.74. The molecule has 2 heteroatoms. The molecule has 1 heterocycles. The Morgan fingerprint density at radius 1 is 0.274 bits per heavy atom. The molecule has 0 saturated carbocycles. The van der Waals surface area contributed by atoms with Crippen LogP contribution < -0.4 is 4.90 Å².